The third kappa shape index (κ3) is 5.80. The van der Waals surface area contributed by atoms with Crippen molar-refractivity contribution in [3.63, 3.8) is 0 Å². The van der Waals surface area contributed by atoms with E-state index in [4.69, 9.17) is 4.74 Å². The van der Waals surface area contributed by atoms with Gasteiger partial charge < -0.3 is 9.84 Å². The summed E-state index contributed by atoms with van der Waals surface area (Å²) >= 11 is 0. The molecule has 0 radical (unpaired) electrons. The fourth-order valence-corrected chi connectivity index (χ4v) is 7.99. The predicted octanol–water partition coefficient (Wildman–Crippen LogP) is 3.12. The summed E-state index contributed by atoms with van der Waals surface area (Å²) in [6.45, 7) is 8.51. The highest BCUT2D eigenvalue weighted by Crippen LogP contribution is 2.39. The maximum atomic E-state index is 13.6. The van der Waals surface area contributed by atoms with Crippen molar-refractivity contribution >= 4 is 29.7 Å². The molecule has 1 aromatic carbocycles. The van der Waals surface area contributed by atoms with Crippen LogP contribution in [0.5, 0.6) is 0 Å². The van der Waals surface area contributed by atoms with Crippen molar-refractivity contribution in [1.29, 1.82) is 0 Å². The molecule has 1 unspecified atom stereocenters. The molecule has 0 bridgehead atoms. The molecule has 11 heteroatoms. The minimum absolute atomic E-state index is 0.00780. The van der Waals surface area contributed by atoms with Crippen molar-refractivity contribution in [1.82, 2.24) is 14.4 Å². The Morgan fingerprint density at radius 2 is 1.86 bits per heavy atom. The SMILES string of the molecule is C[Si](C)(C)CCOC[n+]1[nH]c(S(=O)(=O)N2CCCC(CO)C2)nc1Nc1c2c(cc3c1CCC3)CCC2. The molecule has 9 nitrogen and oxygen atoms in total. The monoisotopic (exact) mass is 548 g/mol. The van der Waals surface area contributed by atoms with Crippen LogP contribution in [0.4, 0.5) is 11.6 Å². The van der Waals surface area contributed by atoms with Gasteiger partial charge in [0, 0.05) is 34.4 Å². The molecule has 1 aliphatic heterocycles. The number of rotatable bonds is 10. The molecule has 3 aliphatic rings. The molecule has 1 atom stereocenters. The van der Waals surface area contributed by atoms with Crippen molar-refractivity contribution in [3.8, 4) is 0 Å². The highest BCUT2D eigenvalue weighted by atomic mass is 32.2. The van der Waals surface area contributed by atoms with Gasteiger partial charge in [0.15, 0.2) is 6.73 Å². The summed E-state index contributed by atoms with van der Waals surface area (Å²) in [6.07, 6.45) is 8.12. The number of aliphatic hydroxyl groups excluding tert-OH is 1. The first-order chi connectivity index (χ1) is 17.7. The molecule has 37 heavy (non-hydrogen) atoms. The first kappa shape index (κ1) is 26.8. The standard InChI is InChI=1S/C26H41N5O4SSi/c1-37(2,3)14-13-35-18-31-25(27-24-22-10-4-8-20(22)15-21-9-5-11-23(21)24)28-26(29-31)36(33,34)30-12-6-7-19(16-30)17-32/h15,19,32H,4-14,16-18H2,1-3H3,(H,27,28,29)/p+1. The Kier molecular flexibility index (Phi) is 7.79. The number of aromatic nitrogens is 3. The molecular formula is C26H42N5O4SSi+. The molecule has 1 fully saturated rings. The van der Waals surface area contributed by atoms with Gasteiger partial charge in [0.1, 0.15) is 5.69 Å². The first-order valence-corrected chi connectivity index (χ1v) is 18.9. The van der Waals surface area contributed by atoms with E-state index in [9.17, 15) is 13.5 Å². The number of hydrogen-bond donors (Lipinski definition) is 3. The van der Waals surface area contributed by atoms with E-state index in [1.165, 1.54) is 26.6 Å². The number of nitrogens with one attached hydrogen (secondary N) is 2. The van der Waals surface area contributed by atoms with E-state index >= 15 is 0 Å². The normalized spacial score (nSPS) is 20.3. The number of piperidine rings is 1. The zero-order chi connectivity index (χ0) is 26.2. The molecule has 1 aromatic heterocycles. The number of nitrogens with zero attached hydrogens (tertiary/aromatic N) is 3. The van der Waals surface area contributed by atoms with Crippen molar-refractivity contribution in [2.75, 3.05) is 31.6 Å². The molecule has 0 saturated carbocycles. The summed E-state index contributed by atoms with van der Waals surface area (Å²) < 4.78 is 36.3. The number of ether oxygens (including phenoxy) is 1. The van der Waals surface area contributed by atoms with Crippen molar-refractivity contribution < 1.29 is 22.9 Å². The number of aliphatic hydroxyl groups is 1. The van der Waals surface area contributed by atoms with E-state index in [0.29, 0.717) is 25.6 Å². The van der Waals surface area contributed by atoms with Crippen LogP contribution in [0.3, 0.4) is 0 Å². The van der Waals surface area contributed by atoms with Crippen molar-refractivity contribution in [2.24, 2.45) is 5.92 Å². The number of aryl methyl sites for hydroxylation is 2. The van der Waals surface area contributed by atoms with Gasteiger partial charge in [0.2, 0.25) is 0 Å². The van der Waals surface area contributed by atoms with E-state index in [0.717, 1.165) is 63.1 Å². The van der Waals surface area contributed by atoms with E-state index < -0.39 is 18.1 Å². The van der Waals surface area contributed by atoms with Crippen LogP contribution in [-0.4, -0.2) is 62.3 Å². The Bertz CT molecular complexity index is 1210. The molecule has 5 rings (SSSR count). The van der Waals surface area contributed by atoms with E-state index in [2.05, 4.69) is 41.1 Å². The number of sulfonamides is 1. The number of anilines is 2. The Hall–Kier alpha value is -1.79. The lowest BCUT2D eigenvalue weighted by molar-refractivity contribution is -0.772. The summed E-state index contributed by atoms with van der Waals surface area (Å²) in [5.74, 6) is 0.430. The van der Waals surface area contributed by atoms with Crippen LogP contribution in [0.1, 0.15) is 47.9 Å². The lowest BCUT2D eigenvalue weighted by atomic mass is 9.99. The summed E-state index contributed by atoms with van der Waals surface area (Å²) in [7, 11) is -5.08. The van der Waals surface area contributed by atoms with Crippen LogP contribution in [0.25, 0.3) is 0 Å². The third-order valence-corrected chi connectivity index (χ3v) is 11.3. The Morgan fingerprint density at radius 1 is 1.16 bits per heavy atom. The molecule has 0 spiro atoms. The second kappa shape index (κ2) is 10.8. The minimum atomic E-state index is -3.83. The second-order valence-corrected chi connectivity index (χ2v) is 19.5. The quantitative estimate of drug-likeness (QED) is 0.239. The maximum absolute atomic E-state index is 13.6. The van der Waals surface area contributed by atoms with Crippen LogP contribution in [0.2, 0.25) is 25.7 Å². The van der Waals surface area contributed by atoms with Gasteiger partial charge in [-0.1, -0.05) is 25.7 Å². The molecule has 2 aromatic rings. The van der Waals surface area contributed by atoms with E-state index in [1.807, 2.05) is 0 Å². The van der Waals surface area contributed by atoms with E-state index in [1.54, 1.807) is 4.68 Å². The highest BCUT2D eigenvalue weighted by Gasteiger charge is 2.37. The Morgan fingerprint density at radius 3 is 2.51 bits per heavy atom. The summed E-state index contributed by atoms with van der Waals surface area (Å²) in [6, 6.07) is 3.42. The van der Waals surface area contributed by atoms with Crippen LogP contribution in [-0.2, 0) is 47.2 Å². The van der Waals surface area contributed by atoms with Gasteiger partial charge >= 0.3 is 11.1 Å². The van der Waals surface area contributed by atoms with Gasteiger partial charge in [-0.15, -0.1) is 4.68 Å². The smallest absolute Gasteiger partial charge is 0.396 e. The van der Waals surface area contributed by atoms with E-state index in [-0.39, 0.29) is 24.4 Å². The zero-order valence-corrected chi connectivity index (χ0v) is 24.3. The van der Waals surface area contributed by atoms with Crippen LogP contribution < -0.4 is 10.00 Å². The molecule has 2 aliphatic carbocycles. The van der Waals surface area contributed by atoms with Gasteiger partial charge in [0.05, 0.1) is 0 Å². The molecule has 204 valence electrons. The van der Waals surface area contributed by atoms with Crippen LogP contribution in [0.15, 0.2) is 11.2 Å². The average Bonchev–Trinajstić information content (AvgIpc) is 3.61. The lowest BCUT2D eigenvalue weighted by Gasteiger charge is -2.29. The number of hydrogen-bond acceptors (Lipinski definition) is 6. The molecule has 1 saturated heterocycles. The minimum Gasteiger partial charge on any atom is -0.396 e. The Balaban J connectivity index is 1.46. The van der Waals surface area contributed by atoms with Gasteiger partial charge in [-0.05, 0) is 90.6 Å². The molecule has 3 N–H and O–H groups in total. The molecular weight excluding hydrogens is 506 g/mol. The predicted molar refractivity (Wildman–Crippen MR) is 145 cm³/mol. The van der Waals surface area contributed by atoms with Gasteiger partial charge in [-0.25, -0.2) is 18.8 Å². The number of benzene rings is 1. The van der Waals surface area contributed by atoms with Gasteiger partial charge in [-0.3, -0.25) is 0 Å². The number of aromatic amines is 1. The Labute approximate surface area is 221 Å². The molecule has 0 amide bonds. The maximum Gasteiger partial charge on any atom is 0.419 e. The highest BCUT2D eigenvalue weighted by molar-refractivity contribution is 7.88. The van der Waals surface area contributed by atoms with Crippen LogP contribution >= 0.6 is 0 Å². The zero-order valence-electron chi connectivity index (χ0n) is 22.5. The summed E-state index contributed by atoms with van der Waals surface area (Å²) in [5, 5.41) is 16.2. The second-order valence-electron chi connectivity index (χ2n) is 12.0. The largest absolute Gasteiger partial charge is 0.419 e. The molecule has 2 heterocycles. The van der Waals surface area contributed by atoms with Crippen LogP contribution in [0, 0.1) is 5.92 Å². The topological polar surface area (TPSA) is 111 Å². The fraction of sp³-hybridized carbons (Fsp3) is 0.692. The number of fused-ring (bicyclic) bond motifs is 2. The average molecular weight is 549 g/mol. The first-order valence-electron chi connectivity index (χ1n) is 13.8. The van der Waals surface area contributed by atoms with Gasteiger partial charge in [-0.2, -0.15) is 4.31 Å². The third-order valence-electron chi connectivity index (χ3n) is 7.94. The lowest BCUT2D eigenvalue weighted by Crippen LogP contribution is -2.43. The summed E-state index contributed by atoms with van der Waals surface area (Å²) in [5.41, 5.74) is 6.63. The van der Waals surface area contributed by atoms with Crippen molar-refractivity contribution in [2.45, 2.75) is 88.9 Å². The number of H-pyrrole nitrogens is 1. The fourth-order valence-electron chi connectivity index (χ4n) is 5.78. The summed E-state index contributed by atoms with van der Waals surface area (Å²) in [4.78, 5) is 4.61. The van der Waals surface area contributed by atoms with Gasteiger partial charge in [0.25, 0.3) is 10.0 Å². The van der Waals surface area contributed by atoms with Crippen molar-refractivity contribution in [3.05, 3.63) is 28.3 Å².